The Kier molecular flexibility index (Phi) is 6.58. The molecule has 2 atom stereocenters. The second-order valence-corrected chi connectivity index (χ2v) is 9.45. The quantitative estimate of drug-likeness (QED) is 0.409. The second kappa shape index (κ2) is 10.2. The van der Waals surface area contributed by atoms with Gasteiger partial charge in [0, 0.05) is 55.2 Å². The molecule has 0 radical (unpaired) electrons. The zero-order valence-corrected chi connectivity index (χ0v) is 20.9. The molecule has 0 aliphatic carbocycles. The predicted molar refractivity (Wildman–Crippen MR) is 140 cm³/mol. The number of anilines is 2. The van der Waals surface area contributed by atoms with E-state index in [-0.39, 0.29) is 11.3 Å². The van der Waals surface area contributed by atoms with Crippen molar-refractivity contribution in [1.29, 1.82) is 0 Å². The third-order valence-corrected chi connectivity index (χ3v) is 7.16. The number of morpholine rings is 1. The molecule has 11 heteroatoms. The molecule has 38 heavy (non-hydrogen) atoms. The molecular weight excluding hydrogens is 489 g/mol. The van der Waals surface area contributed by atoms with E-state index in [1.54, 1.807) is 22.9 Å². The summed E-state index contributed by atoms with van der Waals surface area (Å²) >= 11 is 0. The van der Waals surface area contributed by atoms with Gasteiger partial charge in [-0.25, -0.2) is 19.3 Å². The van der Waals surface area contributed by atoms with Crippen LogP contribution in [0.25, 0.3) is 22.2 Å². The highest BCUT2D eigenvalue weighted by molar-refractivity contribution is 5.94. The van der Waals surface area contributed by atoms with Crippen LogP contribution in [0.1, 0.15) is 17.4 Å². The van der Waals surface area contributed by atoms with Gasteiger partial charge in [0.05, 0.1) is 24.4 Å². The van der Waals surface area contributed by atoms with Crippen molar-refractivity contribution in [2.75, 3.05) is 56.2 Å². The van der Waals surface area contributed by atoms with E-state index in [0.717, 1.165) is 18.8 Å². The number of aliphatic hydroxyl groups is 2. The Balaban J connectivity index is 1.37. The van der Waals surface area contributed by atoms with E-state index in [4.69, 9.17) is 4.74 Å². The van der Waals surface area contributed by atoms with Gasteiger partial charge >= 0.3 is 0 Å². The summed E-state index contributed by atoms with van der Waals surface area (Å²) in [5, 5.41) is 22.6. The fourth-order valence-electron chi connectivity index (χ4n) is 5.04. The van der Waals surface area contributed by atoms with E-state index in [2.05, 4.69) is 24.8 Å². The highest BCUT2D eigenvalue weighted by atomic mass is 19.1. The Morgan fingerprint density at radius 2 is 1.79 bits per heavy atom. The fourth-order valence-corrected chi connectivity index (χ4v) is 5.04. The first-order valence-corrected chi connectivity index (χ1v) is 12.5. The first-order valence-electron chi connectivity index (χ1n) is 12.5. The molecule has 6 rings (SSSR count). The van der Waals surface area contributed by atoms with Crippen LogP contribution in [0.3, 0.4) is 0 Å². The van der Waals surface area contributed by atoms with Crippen LogP contribution in [0.5, 0.6) is 0 Å². The van der Waals surface area contributed by atoms with Crippen LogP contribution in [0.15, 0.2) is 55.1 Å². The summed E-state index contributed by atoms with van der Waals surface area (Å²) in [4.78, 5) is 23.3. The standard InChI is InChI=1S/C27H28FN7O3/c1-33-8-9-35(27(33)37)26-24(29-6-7-30-26)25(36)17-2-5-21(28)20(14-17)23-19-4-3-18(15-22(19)31-16-32-23)34-10-12-38-13-11-34/h2-7,14-16,25,27,36-37H,8-13H2,1H3. The number of benzene rings is 2. The minimum Gasteiger partial charge on any atom is -0.382 e. The molecule has 2 unspecified atom stereocenters. The van der Waals surface area contributed by atoms with Gasteiger partial charge in [0.15, 0.2) is 12.2 Å². The average Bonchev–Trinajstić information content (AvgIpc) is 3.30. The summed E-state index contributed by atoms with van der Waals surface area (Å²) in [6.45, 7) is 4.12. The fraction of sp³-hybridized carbons (Fsp3) is 0.333. The van der Waals surface area contributed by atoms with Gasteiger partial charge in [-0.1, -0.05) is 6.07 Å². The Morgan fingerprint density at radius 3 is 2.58 bits per heavy atom. The van der Waals surface area contributed by atoms with Crippen molar-refractivity contribution in [3.63, 3.8) is 0 Å². The van der Waals surface area contributed by atoms with Crippen molar-refractivity contribution in [3.05, 3.63) is 72.2 Å². The maximum absolute atomic E-state index is 15.2. The zero-order valence-electron chi connectivity index (χ0n) is 20.9. The van der Waals surface area contributed by atoms with Crippen molar-refractivity contribution in [1.82, 2.24) is 24.8 Å². The van der Waals surface area contributed by atoms with Crippen LogP contribution < -0.4 is 9.80 Å². The topological polar surface area (TPSA) is 111 Å². The van der Waals surface area contributed by atoms with Crippen LogP contribution in [0, 0.1) is 5.82 Å². The number of rotatable bonds is 5. The summed E-state index contributed by atoms with van der Waals surface area (Å²) in [6.07, 6.45) is 2.36. The minimum absolute atomic E-state index is 0.249. The van der Waals surface area contributed by atoms with Crippen LogP contribution in [0.4, 0.5) is 15.9 Å². The first kappa shape index (κ1) is 24.6. The van der Waals surface area contributed by atoms with Crippen molar-refractivity contribution in [2.24, 2.45) is 0 Å². The molecule has 2 fully saturated rings. The SMILES string of the molecule is CN1CCN(c2nccnc2C(O)c2ccc(F)c(-c3ncnc4cc(N5CCOCC5)ccc34)c2)C1O. The van der Waals surface area contributed by atoms with Gasteiger partial charge in [-0.2, -0.15) is 0 Å². The molecule has 196 valence electrons. The summed E-state index contributed by atoms with van der Waals surface area (Å²) in [7, 11) is 1.80. The molecular formula is C27H28FN7O3. The Bertz CT molecular complexity index is 1470. The van der Waals surface area contributed by atoms with Gasteiger partial charge in [-0.05, 0) is 42.9 Å². The summed E-state index contributed by atoms with van der Waals surface area (Å²) in [6, 6.07) is 10.3. The summed E-state index contributed by atoms with van der Waals surface area (Å²) in [5.41, 5.74) is 3.13. The van der Waals surface area contributed by atoms with Crippen molar-refractivity contribution < 1.29 is 19.3 Å². The van der Waals surface area contributed by atoms with E-state index in [1.807, 2.05) is 18.2 Å². The van der Waals surface area contributed by atoms with Gasteiger partial charge in [0.25, 0.3) is 0 Å². The number of hydrogen-bond acceptors (Lipinski definition) is 10. The molecule has 0 amide bonds. The normalized spacial score (nSPS) is 19.3. The van der Waals surface area contributed by atoms with E-state index < -0.39 is 18.3 Å². The van der Waals surface area contributed by atoms with E-state index in [1.165, 1.54) is 30.9 Å². The molecule has 0 spiro atoms. The van der Waals surface area contributed by atoms with Gasteiger partial charge in [-0.3, -0.25) is 9.88 Å². The minimum atomic E-state index is -1.20. The lowest BCUT2D eigenvalue weighted by Crippen LogP contribution is -2.37. The maximum atomic E-state index is 15.2. The highest BCUT2D eigenvalue weighted by Gasteiger charge is 2.32. The molecule has 4 aromatic rings. The third kappa shape index (κ3) is 4.43. The molecule has 2 N–H and O–H groups in total. The van der Waals surface area contributed by atoms with Gasteiger partial charge < -0.3 is 24.7 Å². The van der Waals surface area contributed by atoms with Crippen molar-refractivity contribution >= 4 is 22.4 Å². The number of likely N-dealkylation sites (N-methyl/N-ethyl adjacent to an activating group) is 1. The monoisotopic (exact) mass is 517 g/mol. The maximum Gasteiger partial charge on any atom is 0.187 e. The third-order valence-electron chi connectivity index (χ3n) is 7.16. The Labute approximate surface area is 219 Å². The summed E-state index contributed by atoms with van der Waals surface area (Å²) in [5.74, 6) is -0.0833. The van der Waals surface area contributed by atoms with Crippen molar-refractivity contribution in [3.8, 4) is 11.3 Å². The molecule has 2 aliphatic heterocycles. The largest absolute Gasteiger partial charge is 0.382 e. The van der Waals surface area contributed by atoms with Crippen LogP contribution in [0.2, 0.25) is 0 Å². The predicted octanol–water partition coefficient (Wildman–Crippen LogP) is 2.17. The Morgan fingerprint density at radius 1 is 0.974 bits per heavy atom. The highest BCUT2D eigenvalue weighted by Crippen LogP contribution is 2.35. The van der Waals surface area contributed by atoms with Gasteiger partial charge in [-0.15, -0.1) is 0 Å². The molecule has 2 aromatic heterocycles. The number of aliphatic hydroxyl groups excluding tert-OH is 2. The lowest BCUT2D eigenvalue weighted by molar-refractivity contribution is 0.0581. The van der Waals surface area contributed by atoms with E-state index in [0.29, 0.717) is 54.3 Å². The molecule has 4 heterocycles. The molecule has 2 saturated heterocycles. The smallest absolute Gasteiger partial charge is 0.187 e. The number of nitrogens with zero attached hydrogens (tertiary/aromatic N) is 7. The zero-order chi connectivity index (χ0) is 26.2. The first-order chi connectivity index (χ1) is 18.5. The van der Waals surface area contributed by atoms with E-state index in [9.17, 15) is 10.2 Å². The molecule has 0 saturated carbocycles. The van der Waals surface area contributed by atoms with Crippen LogP contribution >= 0.6 is 0 Å². The summed E-state index contributed by atoms with van der Waals surface area (Å²) < 4.78 is 20.7. The van der Waals surface area contributed by atoms with Crippen LogP contribution in [-0.2, 0) is 4.74 Å². The molecule has 2 aromatic carbocycles. The molecule has 2 aliphatic rings. The van der Waals surface area contributed by atoms with Crippen molar-refractivity contribution in [2.45, 2.75) is 12.5 Å². The second-order valence-electron chi connectivity index (χ2n) is 9.45. The van der Waals surface area contributed by atoms with E-state index >= 15 is 4.39 Å². The number of fused-ring (bicyclic) bond motifs is 1. The number of ether oxygens (including phenoxy) is 1. The number of halogens is 1. The Hall–Kier alpha value is -3.77. The van der Waals surface area contributed by atoms with Crippen LogP contribution in [-0.4, -0.2) is 87.8 Å². The van der Waals surface area contributed by atoms with Gasteiger partial charge in [0.1, 0.15) is 23.9 Å². The lowest BCUT2D eigenvalue weighted by atomic mass is 9.99. The average molecular weight is 518 g/mol. The molecule has 0 bridgehead atoms. The number of aromatic nitrogens is 4. The number of hydrogen-bond donors (Lipinski definition) is 2. The van der Waals surface area contributed by atoms with Gasteiger partial charge in [0.2, 0.25) is 0 Å². The molecule has 10 nitrogen and oxygen atoms in total. The lowest BCUT2D eigenvalue weighted by Gasteiger charge is -2.29.